The molecule has 2 aromatic carbocycles. The highest BCUT2D eigenvalue weighted by molar-refractivity contribution is 6.00. The number of benzene rings is 2. The van der Waals surface area contributed by atoms with Crippen molar-refractivity contribution in [2.75, 3.05) is 25.1 Å². The highest BCUT2D eigenvalue weighted by Crippen LogP contribution is 2.27. The Bertz CT molecular complexity index is 986. The van der Waals surface area contributed by atoms with Crippen molar-refractivity contribution in [2.24, 2.45) is 5.92 Å². The summed E-state index contributed by atoms with van der Waals surface area (Å²) in [6.45, 7) is 2.04. The standard InChI is InChI=1S/C23H22N2O4/c1-16(26)18-10-8-17(9-11-18)5-4-12-24-23(28)19-13-22(27)25(15-19)20-6-3-7-21(14-20)29-2/h3,6-11,14,19H,12-13,15H2,1-2H3,(H,24,28). The number of ketones is 1. The monoisotopic (exact) mass is 390 g/mol. The molecule has 0 saturated carbocycles. The molecule has 6 nitrogen and oxygen atoms in total. The van der Waals surface area contributed by atoms with Gasteiger partial charge in [0.25, 0.3) is 0 Å². The second-order valence-corrected chi connectivity index (χ2v) is 6.76. The molecule has 0 aromatic heterocycles. The lowest BCUT2D eigenvalue weighted by atomic mass is 10.1. The second-order valence-electron chi connectivity index (χ2n) is 6.76. The summed E-state index contributed by atoms with van der Waals surface area (Å²) in [5.41, 5.74) is 2.12. The molecule has 1 saturated heterocycles. The Morgan fingerprint density at radius 3 is 2.66 bits per heavy atom. The Morgan fingerprint density at radius 2 is 1.97 bits per heavy atom. The van der Waals surface area contributed by atoms with Crippen LogP contribution in [0.15, 0.2) is 48.5 Å². The Labute approximate surface area is 169 Å². The fourth-order valence-electron chi connectivity index (χ4n) is 3.12. The zero-order valence-electron chi connectivity index (χ0n) is 16.4. The lowest BCUT2D eigenvalue weighted by Gasteiger charge is -2.17. The van der Waals surface area contributed by atoms with E-state index in [9.17, 15) is 14.4 Å². The molecular formula is C23H22N2O4. The first-order valence-electron chi connectivity index (χ1n) is 9.30. The zero-order chi connectivity index (χ0) is 20.8. The van der Waals surface area contributed by atoms with Crippen molar-refractivity contribution in [1.82, 2.24) is 5.32 Å². The van der Waals surface area contributed by atoms with Gasteiger partial charge in [-0.3, -0.25) is 14.4 Å². The summed E-state index contributed by atoms with van der Waals surface area (Å²) >= 11 is 0. The predicted octanol–water partition coefficient (Wildman–Crippen LogP) is 2.42. The molecular weight excluding hydrogens is 368 g/mol. The van der Waals surface area contributed by atoms with Crippen molar-refractivity contribution in [3.8, 4) is 17.6 Å². The number of ether oxygens (including phenoxy) is 1. The summed E-state index contributed by atoms with van der Waals surface area (Å²) in [7, 11) is 1.57. The van der Waals surface area contributed by atoms with Crippen molar-refractivity contribution in [2.45, 2.75) is 13.3 Å². The van der Waals surface area contributed by atoms with Gasteiger partial charge in [0.15, 0.2) is 5.78 Å². The van der Waals surface area contributed by atoms with E-state index < -0.39 is 5.92 Å². The van der Waals surface area contributed by atoms with Crippen LogP contribution in [0.25, 0.3) is 0 Å². The Hall–Kier alpha value is -3.59. The summed E-state index contributed by atoms with van der Waals surface area (Å²) in [5.74, 6) is 5.82. The van der Waals surface area contributed by atoms with Gasteiger partial charge in [-0.1, -0.05) is 30.0 Å². The fraction of sp³-hybridized carbons (Fsp3) is 0.261. The largest absolute Gasteiger partial charge is 0.497 e. The number of nitrogens with zero attached hydrogens (tertiary/aromatic N) is 1. The maximum Gasteiger partial charge on any atom is 0.227 e. The Kier molecular flexibility index (Phi) is 6.30. The van der Waals surface area contributed by atoms with E-state index in [2.05, 4.69) is 17.2 Å². The highest BCUT2D eigenvalue weighted by atomic mass is 16.5. The summed E-state index contributed by atoms with van der Waals surface area (Å²) in [5, 5.41) is 2.77. The normalized spacial score (nSPS) is 15.4. The second kappa shape index (κ2) is 9.07. The van der Waals surface area contributed by atoms with Gasteiger partial charge in [-0.2, -0.15) is 0 Å². The molecule has 0 radical (unpaired) electrons. The van der Waals surface area contributed by atoms with Crippen LogP contribution in [-0.4, -0.2) is 37.8 Å². The minimum absolute atomic E-state index is 0.00544. The van der Waals surface area contributed by atoms with Crippen LogP contribution in [0.5, 0.6) is 5.75 Å². The first-order valence-corrected chi connectivity index (χ1v) is 9.30. The number of carbonyl (C=O) groups excluding carboxylic acids is 3. The van der Waals surface area contributed by atoms with Crippen LogP contribution in [0.2, 0.25) is 0 Å². The molecule has 2 amide bonds. The number of amides is 2. The highest BCUT2D eigenvalue weighted by Gasteiger charge is 2.35. The van der Waals surface area contributed by atoms with Gasteiger partial charge in [0.1, 0.15) is 5.75 Å². The zero-order valence-corrected chi connectivity index (χ0v) is 16.4. The number of methoxy groups -OCH3 is 1. The number of carbonyl (C=O) groups is 3. The van der Waals surface area contributed by atoms with Gasteiger partial charge in [0.05, 0.1) is 19.6 Å². The van der Waals surface area contributed by atoms with Gasteiger partial charge < -0.3 is 15.0 Å². The van der Waals surface area contributed by atoms with Crippen molar-refractivity contribution < 1.29 is 19.1 Å². The molecule has 6 heteroatoms. The molecule has 0 bridgehead atoms. The number of anilines is 1. The van der Waals surface area contributed by atoms with E-state index in [0.29, 0.717) is 17.9 Å². The molecule has 3 rings (SSSR count). The molecule has 1 atom stereocenters. The summed E-state index contributed by atoms with van der Waals surface area (Å²) in [6, 6.07) is 14.2. The summed E-state index contributed by atoms with van der Waals surface area (Å²) in [6.07, 6.45) is 0.170. The van der Waals surface area contributed by atoms with Gasteiger partial charge in [0, 0.05) is 35.8 Å². The molecule has 1 fully saturated rings. The van der Waals surface area contributed by atoms with Gasteiger partial charge >= 0.3 is 0 Å². The minimum Gasteiger partial charge on any atom is -0.497 e. The number of hydrogen-bond donors (Lipinski definition) is 1. The Morgan fingerprint density at radius 1 is 1.21 bits per heavy atom. The van der Waals surface area contributed by atoms with E-state index in [4.69, 9.17) is 4.74 Å². The van der Waals surface area contributed by atoms with Crippen LogP contribution in [0, 0.1) is 17.8 Å². The van der Waals surface area contributed by atoms with Crippen LogP contribution in [-0.2, 0) is 9.59 Å². The van der Waals surface area contributed by atoms with Crippen LogP contribution in [0.3, 0.4) is 0 Å². The molecule has 1 aliphatic rings. The smallest absolute Gasteiger partial charge is 0.227 e. The average Bonchev–Trinajstić information content (AvgIpc) is 3.13. The van der Waals surface area contributed by atoms with Gasteiger partial charge in [-0.25, -0.2) is 0 Å². The maximum atomic E-state index is 12.4. The first kappa shape index (κ1) is 20.2. The SMILES string of the molecule is COc1cccc(N2CC(C(=O)NCC#Cc3ccc(C(C)=O)cc3)CC2=O)c1. The van der Waals surface area contributed by atoms with Crippen molar-refractivity contribution in [1.29, 1.82) is 0 Å². The predicted molar refractivity (Wildman–Crippen MR) is 110 cm³/mol. The molecule has 29 heavy (non-hydrogen) atoms. The summed E-state index contributed by atoms with van der Waals surface area (Å²) < 4.78 is 5.19. The minimum atomic E-state index is -0.412. The topological polar surface area (TPSA) is 75.7 Å². The molecule has 2 aromatic rings. The van der Waals surface area contributed by atoms with E-state index in [0.717, 1.165) is 11.3 Å². The van der Waals surface area contributed by atoms with Crippen molar-refractivity contribution in [3.63, 3.8) is 0 Å². The molecule has 0 spiro atoms. The maximum absolute atomic E-state index is 12.4. The molecule has 1 unspecified atom stereocenters. The Balaban J connectivity index is 1.54. The van der Waals surface area contributed by atoms with E-state index in [1.165, 1.54) is 6.92 Å². The van der Waals surface area contributed by atoms with E-state index in [-0.39, 0.29) is 30.6 Å². The quantitative estimate of drug-likeness (QED) is 0.628. The van der Waals surface area contributed by atoms with Gasteiger partial charge in [-0.15, -0.1) is 0 Å². The number of hydrogen-bond acceptors (Lipinski definition) is 4. The van der Waals surface area contributed by atoms with Crippen LogP contribution in [0.4, 0.5) is 5.69 Å². The van der Waals surface area contributed by atoms with Crippen LogP contribution < -0.4 is 15.0 Å². The molecule has 1 aliphatic heterocycles. The third-order valence-corrected chi connectivity index (χ3v) is 4.74. The first-order chi connectivity index (χ1) is 14.0. The van der Waals surface area contributed by atoms with Gasteiger partial charge in [0.2, 0.25) is 11.8 Å². The third-order valence-electron chi connectivity index (χ3n) is 4.74. The lowest BCUT2D eigenvalue weighted by Crippen LogP contribution is -2.33. The van der Waals surface area contributed by atoms with E-state index >= 15 is 0 Å². The molecule has 1 heterocycles. The third kappa shape index (κ3) is 5.02. The van der Waals surface area contributed by atoms with Crippen molar-refractivity contribution in [3.05, 3.63) is 59.7 Å². The van der Waals surface area contributed by atoms with E-state index in [1.807, 2.05) is 12.1 Å². The molecule has 1 N–H and O–H groups in total. The van der Waals surface area contributed by atoms with Crippen LogP contribution >= 0.6 is 0 Å². The van der Waals surface area contributed by atoms with Gasteiger partial charge in [-0.05, 0) is 31.2 Å². The molecule has 0 aliphatic carbocycles. The van der Waals surface area contributed by atoms with Crippen LogP contribution in [0.1, 0.15) is 29.3 Å². The average molecular weight is 390 g/mol. The van der Waals surface area contributed by atoms with Crippen molar-refractivity contribution >= 4 is 23.3 Å². The fourth-order valence-corrected chi connectivity index (χ4v) is 3.12. The number of Topliss-reactive ketones (excluding diaryl/α,β-unsaturated/α-hetero) is 1. The number of rotatable bonds is 5. The molecule has 148 valence electrons. The summed E-state index contributed by atoms with van der Waals surface area (Å²) in [4.78, 5) is 37.6. The van der Waals surface area contributed by atoms with E-state index in [1.54, 1.807) is 48.4 Å². The lowest BCUT2D eigenvalue weighted by molar-refractivity contribution is -0.126. The number of nitrogens with one attached hydrogen (secondary N) is 1.